The summed E-state index contributed by atoms with van der Waals surface area (Å²) in [5.74, 6) is 0.746. The van der Waals surface area contributed by atoms with Crippen LogP contribution in [0.2, 0.25) is 0 Å². The Balaban J connectivity index is 1.76. The van der Waals surface area contributed by atoms with Gasteiger partial charge in [-0.1, -0.05) is 42.5 Å². The average Bonchev–Trinajstić information content (AvgIpc) is 3.08. The molecule has 3 heterocycles. The molecule has 0 bridgehead atoms. The van der Waals surface area contributed by atoms with Crippen molar-refractivity contribution in [3.05, 3.63) is 76.6 Å². The summed E-state index contributed by atoms with van der Waals surface area (Å²) in [6.45, 7) is 0.662. The minimum absolute atomic E-state index is 0.0414. The summed E-state index contributed by atoms with van der Waals surface area (Å²) in [4.78, 5) is 21.3. The van der Waals surface area contributed by atoms with Crippen LogP contribution in [0.3, 0.4) is 0 Å². The largest absolute Gasteiger partial charge is 0.352 e. The molecule has 1 aliphatic heterocycles. The molecule has 0 atom stereocenters. The first kappa shape index (κ1) is 13.8. The second kappa shape index (κ2) is 4.82. The Bertz CT molecular complexity index is 1410. The van der Waals surface area contributed by atoms with Crippen molar-refractivity contribution < 1.29 is 0 Å². The summed E-state index contributed by atoms with van der Waals surface area (Å²) < 4.78 is 1.81. The van der Waals surface area contributed by atoms with Crippen LogP contribution in [0.4, 0.5) is 0 Å². The maximum absolute atomic E-state index is 12.9. The van der Waals surface area contributed by atoms with E-state index in [9.17, 15) is 4.79 Å². The first-order valence-electron chi connectivity index (χ1n) is 8.83. The fourth-order valence-corrected chi connectivity index (χ4v) is 4.27. The van der Waals surface area contributed by atoms with E-state index < -0.39 is 0 Å². The van der Waals surface area contributed by atoms with Crippen molar-refractivity contribution in [1.29, 1.82) is 0 Å². The standard InChI is InChI=1S/C22H15N3O/c26-22-15-7-3-4-8-17(15)24-21-20-16(11-12-25(21)22)19-14-6-2-1-5-13(14)9-10-18(19)23-20/h1-10,23H,11-12H2. The Morgan fingerprint density at radius 1 is 0.923 bits per heavy atom. The molecule has 0 saturated heterocycles. The molecule has 4 nitrogen and oxygen atoms in total. The minimum Gasteiger partial charge on any atom is -0.352 e. The fourth-order valence-electron chi connectivity index (χ4n) is 4.27. The van der Waals surface area contributed by atoms with E-state index in [-0.39, 0.29) is 5.56 Å². The molecule has 1 aliphatic rings. The zero-order valence-corrected chi connectivity index (χ0v) is 14.0. The molecule has 0 spiro atoms. The van der Waals surface area contributed by atoms with Crippen LogP contribution >= 0.6 is 0 Å². The lowest BCUT2D eigenvalue weighted by molar-refractivity contribution is 0.653. The molecule has 5 aromatic rings. The van der Waals surface area contributed by atoms with E-state index in [1.807, 2.05) is 28.8 Å². The number of rotatable bonds is 0. The molecule has 1 N–H and O–H groups in total. The van der Waals surface area contributed by atoms with Gasteiger partial charge in [0.15, 0.2) is 5.82 Å². The summed E-state index contributed by atoms with van der Waals surface area (Å²) in [5.41, 5.74) is 4.13. The monoisotopic (exact) mass is 337 g/mol. The number of fused-ring (bicyclic) bond motifs is 8. The zero-order chi connectivity index (χ0) is 17.3. The predicted molar refractivity (Wildman–Crippen MR) is 105 cm³/mol. The second-order valence-corrected chi connectivity index (χ2v) is 6.85. The smallest absolute Gasteiger partial charge is 0.261 e. The maximum atomic E-state index is 12.9. The van der Waals surface area contributed by atoms with Crippen molar-refractivity contribution in [2.45, 2.75) is 13.0 Å². The van der Waals surface area contributed by atoms with Gasteiger partial charge in [-0.05, 0) is 41.0 Å². The Morgan fingerprint density at radius 2 is 1.73 bits per heavy atom. The minimum atomic E-state index is 0.0414. The molecule has 0 aliphatic carbocycles. The molecule has 0 saturated carbocycles. The van der Waals surface area contributed by atoms with E-state index in [1.165, 1.54) is 21.7 Å². The number of aromatic nitrogens is 3. The van der Waals surface area contributed by atoms with E-state index in [2.05, 4.69) is 41.4 Å². The van der Waals surface area contributed by atoms with Crippen LogP contribution in [0.5, 0.6) is 0 Å². The van der Waals surface area contributed by atoms with Crippen LogP contribution in [0, 0.1) is 0 Å². The maximum Gasteiger partial charge on any atom is 0.261 e. The number of aromatic amines is 1. The molecular weight excluding hydrogens is 322 g/mol. The highest BCUT2D eigenvalue weighted by Crippen LogP contribution is 2.37. The highest BCUT2D eigenvalue weighted by molar-refractivity contribution is 6.10. The number of hydrogen-bond donors (Lipinski definition) is 1. The highest BCUT2D eigenvalue weighted by atomic mass is 16.1. The van der Waals surface area contributed by atoms with Gasteiger partial charge in [0.05, 0.1) is 16.6 Å². The second-order valence-electron chi connectivity index (χ2n) is 6.85. The Labute approximate surface area is 148 Å². The van der Waals surface area contributed by atoms with Gasteiger partial charge in [-0.15, -0.1) is 0 Å². The third-order valence-corrected chi connectivity index (χ3v) is 5.46. The lowest BCUT2D eigenvalue weighted by Gasteiger charge is -2.19. The van der Waals surface area contributed by atoms with Crippen molar-refractivity contribution in [2.75, 3.05) is 0 Å². The summed E-state index contributed by atoms with van der Waals surface area (Å²) in [7, 11) is 0. The number of nitrogens with one attached hydrogen (secondary N) is 1. The lowest BCUT2D eigenvalue weighted by atomic mass is 9.99. The molecule has 2 aromatic heterocycles. The van der Waals surface area contributed by atoms with Gasteiger partial charge < -0.3 is 4.98 Å². The summed E-state index contributed by atoms with van der Waals surface area (Å²) in [6.07, 6.45) is 0.830. The number of para-hydroxylation sites is 1. The van der Waals surface area contributed by atoms with Crippen LogP contribution in [0.25, 0.3) is 44.1 Å². The summed E-state index contributed by atoms with van der Waals surface area (Å²) in [5, 5.41) is 4.42. The summed E-state index contributed by atoms with van der Waals surface area (Å²) >= 11 is 0. The van der Waals surface area contributed by atoms with Crippen LogP contribution < -0.4 is 5.56 Å². The van der Waals surface area contributed by atoms with Crippen molar-refractivity contribution in [1.82, 2.24) is 14.5 Å². The number of nitrogens with zero attached hydrogens (tertiary/aromatic N) is 2. The molecular formula is C22H15N3O. The van der Waals surface area contributed by atoms with E-state index >= 15 is 0 Å². The number of hydrogen-bond acceptors (Lipinski definition) is 2. The van der Waals surface area contributed by atoms with Gasteiger partial charge in [0.25, 0.3) is 5.56 Å². The molecule has 26 heavy (non-hydrogen) atoms. The topological polar surface area (TPSA) is 50.7 Å². The lowest BCUT2D eigenvalue weighted by Crippen LogP contribution is -2.27. The Kier molecular flexibility index (Phi) is 2.57. The highest BCUT2D eigenvalue weighted by Gasteiger charge is 2.24. The molecule has 6 rings (SSSR count). The Morgan fingerprint density at radius 3 is 2.65 bits per heavy atom. The molecule has 0 amide bonds. The van der Waals surface area contributed by atoms with Gasteiger partial charge in [0.1, 0.15) is 0 Å². The van der Waals surface area contributed by atoms with Crippen LogP contribution in [-0.4, -0.2) is 14.5 Å². The van der Waals surface area contributed by atoms with Gasteiger partial charge in [-0.25, -0.2) is 4.98 Å². The molecule has 4 heteroatoms. The third kappa shape index (κ3) is 1.68. The van der Waals surface area contributed by atoms with Crippen LogP contribution in [0.15, 0.2) is 65.5 Å². The fraction of sp³-hybridized carbons (Fsp3) is 0.0909. The average molecular weight is 337 g/mol. The number of H-pyrrole nitrogens is 1. The third-order valence-electron chi connectivity index (χ3n) is 5.46. The molecule has 0 radical (unpaired) electrons. The first-order chi connectivity index (χ1) is 12.8. The van der Waals surface area contributed by atoms with Crippen molar-refractivity contribution in [2.24, 2.45) is 0 Å². The van der Waals surface area contributed by atoms with Crippen molar-refractivity contribution in [3.63, 3.8) is 0 Å². The zero-order valence-electron chi connectivity index (χ0n) is 14.0. The van der Waals surface area contributed by atoms with E-state index in [0.29, 0.717) is 11.9 Å². The first-order valence-corrected chi connectivity index (χ1v) is 8.83. The van der Waals surface area contributed by atoms with Crippen molar-refractivity contribution >= 4 is 32.6 Å². The molecule has 0 unspecified atom stereocenters. The van der Waals surface area contributed by atoms with Gasteiger partial charge in [-0.3, -0.25) is 9.36 Å². The van der Waals surface area contributed by atoms with E-state index in [1.54, 1.807) is 0 Å². The van der Waals surface area contributed by atoms with Gasteiger partial charge in [-0.2, -0.15) is 0 Å². The predicted octanol–water partition coefficient (Wildman–Crippen LogP) is 4.25. The van der Waals surface area contributed by atoms with Crippen molar-refractivity contribution in [3.8, 4) is 11.5 Å². The van der Waals surface area contributed by atoms with Crippen LogP contribution in [0.1, 0.15) is 5.56 Å². The van der Waals surface area contributed by atoms with Crippen LogP contribution in [-0.2, 0) is 13.0 Å². The molecule has 0 fully saturated rings. The summed E-state index contributed by atoms with van der Waals surface area (Å²) in [6, 6.07) is 20.3. The van der Waals surface area contributed by atoms with Gasteiger partial charge in [0.2, 0.25) is 0 Å². The number of benzene rings is 3. The molecule has 3 aromatic carbocycles. The quantitative estimate of drug-likeness (QED) is 0.459. The normalized spacial score (nSPS) is 13.2. The Hall–Kier alpha value is -3.40. The molecule has 124 valence electrons. The SMILES string of the molecule is O=c1c2ccccc2nc2n1CCc1c-2[nH]c2ccc3ccccc3c12. The van der Waals surface area contributed by atoms with Gasteiger partial charge >= 0.3 is 0 Å². The van der Waals surface area contributed by atoms with E-state index in [0.717, 1.165) is 29.0 Å². The van der Waals surface area contributed by atoms with Gasteiger partial charge in [0, 0.05) is 17.4 Å². The number of aryl methyl sites for hydroxylation is 1. The van der Waals surface area contributed by atoms with E-state index in [4.69, 9.17) is 4.98 Å².